The molecule has 116 valence electrons. The fourth-order valence-corrected chi connectivity index (χ4v) is 2.89. The molecule has 0 aromatic rings. The monoisotopic (exact) mass is 282 g/mol. The summed E-state index contributed by atoms with van der Waals surface area (Å²) in [5, 5.41) is 3.49. The summed E-state index contributed by atoms with van der Waals surface area (Å²) in [6.07, 6.45) is 8.34. The lowest BCUT2D eigenvalue weighted by Gasteiger charge is -2.35. The van der Waals surface area contributed by atoms with Crippen molar-refractivity contribution in [2.75, 3.05) is 20.2 Å². The standard InChI is InChI=1S/C16H30N2O2/c1-4-20-15(19)16(2,17-13-9-10-13)11-6-12-18(3)14-7-5-8-14/h13-14,17H,4-12H2,1-3H3. The van der Waals surface area contributed by atoms with E-state index < -0.39 is 5.54 Å². The van der Waals surface area contributed by atoms with Gasteiger partial charge < -0.3 is 9.64 Å². The van der Waals surface area contributed by atoms with Crippen LogP contribution in [0.5, 0.6) is 0 Å². The summed E-state index contributed by atoms with van der Waals surface area (Å²) >= 11 is 0. The van der Waals surface area contributed by atoms with Crippen molar-refractivity contribution in [1.29, 1.82) is 0 Å². The third-order valence-corrected chi connectivity index (χ3v) is 4.71. The molecule has 1 unspecified atom stereocenters. The minimum atomic E-state index is -0.502. The van der Waals surface area contributed by atoms with Gasteiger partial charge in [-0.1, -0.05) is 6.42 Å². The van der Waals surface area contributed by atoms with E-state index >= 15 is 0 Å². The fraction of sp³-hybridized carbons (Fsp3) is 0.938. The number of carbonyl (C=O) groups excluding carboxylic acids is 1. The number of nitrogens with zero attached hydrogens (tertiary/aromatic N) is 1. The lowest BCUT2D eigenvalue weighted by atomic mass is 9.91. The first-order chi connectivity index (χ1) is 9.55. The van der Waals surface area contributed by atoms with Crippen LogP contribution in [0.25, 0.3) is 0 Å². The highest BCUT2D eigenvalue weighted by molar-refractivity contribution is 5.80. The van der Waals surface area contributed by atoms with Gasteiger partial charge in [0.05, 0.1) is 6.61 Å². The Bertz CT molecular complexity index is 326. The molecule has 2 rings (SSSR count). The van der Waals surface area contributed by atoms with E-state index in [1.54, 1.807) is 0 Å². The van der Waals surface area contributed by atoms with Crippen molar-refractivity contribution >= 4 is 5.97 Å². The van der Waals surface area contributed by atoms with E-state index in [2.05, 4.69) is 17.3 Å². The molecule has 1 atom stereocenters. The number of hydrogen-bond acceptors (Lipinski definition) is 4. The largest absolute Gasteiger partial charge is 0.465 e. The molecule has 0 aromatic heterocycles. The molecule has 2 fully saturated rings. The van der Waals surface area contributed by atoms with Crippen molar-refractivity contribution in [1.82, 2.24) is 10.2 Å². The molecule has 0 bridgehead atoms. The molecule has 0 aromatic carbocycles. The Morgan fingerprint density at radius 3 is 2.55 bits per heavy atom. The second-order valence-corrected chi connectivity index (χ2v) is 6.64. The Kier molecular flexibility index (Phi) is 5.44. The topological polar surface area (TPSA) is 41.6 Å². The normalized spacial score (nSPS) is 22.4. The zero-order valence-electron chi connectivity index (χ0n) is 13.3. The molecular weight excluding hydrogens is 252 g/mol. The summed E-state index contributed by atoms with van der Waals surface area (Å²) in [4.78, 5) is 14.7. The SMILES string of the molecule is CCOC(=O)C(C)(CCCN(C)C1CCC1)NC1CC1. The molecule has 0 radical (unpaired) electrons. The average molecular weight is 282 g/mol. The molecule has 2 aliphatic rings. The molecule has 0 saturated heterocycles. The lowest BCUT2D eigenvalue weighted by molar-refractivity contribution is -0.151. The molecule has 4 nitrogen and oxygen atoms in total. The Morgan fingerprint density at radius 2 is 2.05 bits per heavy atom. The third kappa shape index (κ3) is 4.19. The van der Waals surface area contributed by atoms with E-state index in [9.17, 15) is 4.79 Å². The molecule has 2 saturated carbocycles. The summed E-state index contributed by atoms with van der Waals surface area (Å²) in [6.45, 7) is 5.42. The van der Waals surface area contributed by atoms with Crippen LogP contribution in [0.15, 0.2) is 0 Å². The van der Waals surface area contributed by atoms with Gasteiger partial charge in [-0.15, -0.1) is 0 Å². The Labute approximate surface area is 123 Å². The van der Waals surface area contributed by atoms with E-state index in [0.717, 1.165) is 25.4 Å². The van der Waals surface area contributed by atoms with Gasteiger partial charge in [-0.3, -0.25) is 10.1 Å². The molecule has 1 N–H and O–H groups in total. The van der Waals surface area contributed by atoms with Crippen LogP contribution in [-0.4, -0.2) is 48.7 Å². The third-order valence-electron chi connectivity index (χ3n) is 4.71. The predicted molar refractivity (Wildman–Crippen MR) is 80.7 cm³/mol. The smallest absolute Gasteiger partial charge is 0.326 e. The predicted octanol–water partition coefficient (Wildman–Crippen LogP) is 2.32. The Balaban J connectivity index is 1.78. The molecule has 0 amide bonds. The Hall–Kier alpha value is -0.610. The van der Waals surface area contributed by atoms with Crippen LogP contribution in [0, 0.1) is 0 Å². The van der Waals surface area contributed by atoms with Gasteiger partial charge >= 0.3 is 5.97 Å². The highest BCUT2D eigenvalue weighted by Crippen LogP contribution is 2.27. The van der Waals surface area contributed by atoms with Crippen molar-refractivity contribution in [3.8, 4) is 0 Å². The number of esters is 1. The maximum absolute atomic E-state index is 12.2. The van der Waals surface area contributed by atoms with E-state index in [1.165, 1.54) is 32.1 Å². The van der Waals surface area contributed by atoms with Crippen LogP contribution in [-0.2, 0) is 9.53 Å². The highest BCUT2D eigenvalue weighted by Gasteiger charge is 2.39. The first-order valence-corrected chi connectivity index (χ1v) is 8.20. The zero-order valence-corrected chi connectivity index (χ0v) is 13.3. The van der Waals surface area contributed by atoms with Gasteiger partial charge in [0.2, 0.25) is 0 Å². The van der Waals surface area contributed by atoms with Gasteiger partial charge in [0.1, 0.15) is 5.54 Å². The molecular formula is C16H30N2O2. The molecule has 0 aliphatic heterocycles. The number of ether oxygens (including phenoxy) is 1. The van der Waals surface area contributed by atoms with Crippen molar-refractivity contribution in [3.05, 3.63) is 0 Å². The minimum Gasteiger partial charge on any atom is -0.465 e. The number of hydrogen-bond donors (Lipinski definition) is 1. The molecule has 0 heterocycles. The van der Waals surface area contributed by atoms with Crippen molar-refractivity contribution in [2.45, 2.75) is 76.4 Å². The van der Waals surface area contributed by atoms with Crippen molar-refractivity contribution in [2.24, 2.45) is 0 Å². The van der Waals surface area contributed by atoms with Crippen LogP contribution in [0.2, 0.25) is 0 Å². The maximum Gasteiger partial charge on any atom is 0.326 e. The number of rotatable bonds is 9. The second-order valence-electron chi connectivity index (χ2n) is 6.64. The van der Waals surface area contributed by atoms with Gasteiger partial charge in [0, 0.05) is 12.1 Å². The summed E-state index contributed by atoms with van der Waals surface area (Å²) in [6, 6.07) is 1.30. The van der Waals surface area contributed by atoms with Crippen molar-refractivity contribution in [3.63, 3.8) is 0 Å². The van der Waals surface area contributed by atoms with Crippen LogP contribution >= 0.6 is 0 Å². The van der Waals surface area contributed by atoms with Gasteiger partial charge in [-0.2, -0.15) is 0 Å². The zero-order chi connectivity index (χ0) is 14.6. The van der Waals surface area contributed by atoms with E-state index in [0.29, 0.717) is 12.6 Å². The van der Waals surface area contributed by atoms with Crippen molar-refractivity contribution < 1.29 is 9.53 Å². The fourth-order valence-electron chi connectivity index (χ4n) is 2.89. The van der Waals surface area contributed by atoms with Crippen LogP contribution in [0.1, 0.15) is 58.8 Å². The van der Waals surface area contributed by atoms with Crippen LogP contribution < -0.4 is 5.32 Å². The minimum absolute atomic E-state index is 0.0850. The lowest BCUT2D eigenvalue weighted by Crippen LogP contribution is -2.52. The van der Waals surface area contributed by atoms with Gasteiger partial charge in [0.25, 0.3) is 0 Å². The summed E-state index contributed by atoms with van der Waals surface area (Å²) < 4.78 is 5.26. The van der Waals surface area contributed by atoms with Crippen LogP contribution in [0.4, 0.5) is 0 Å². The molecule has 20 heavy (non-hydrogen) atoms. The highest BCUT2D eigenvalue weighted by atomic mass is 16.5. The van der Waals surface area contributed by atoms with Gasteiger partial charge in [0.15, 0.2) is 0 Å². The summed E-state index contributed by atoms with van der Waals surface area (Å²) in [7, 11) is 2.21. The van der Waals surface area contributed by atoms with Gasteiger partial charge in [-0.25, -0.2) is 0 Å². The summed E-state index contributed by atoms with van der Waals surface area (Å²) in [5.41, 5.74) is -0.502. The first kappa shape index (κ1) is 15.8. The Morgan fingerprint density at radius 1 is 1.35 bits per heavy atom. The quantitative estimate of drug-likeness (QED) is 0.659. The average Bonchev–Trinajstić information content (AvgIpc) is 3.10. The van der Waals surface area contributed by atoms with Gasteiger partial charge in [-0.05, 0) is 66.0 Å². The maximum atomic E-state index is 12.2. The van der Waals surface area contributed by atoms with E-state index in [4.69, 9.17) is 4.74 Å². The molecule has 0 spiro atoms. The molecule has 4 heteroatoms. The number of nitrogens with one attached hydrogen (secondary N) is 1. The summed E-state index contributed by atoms with van der Waals surface area (Å²) in [5.74, 6) is -0.0850. The number of carbonyl (C=O) groups is 1. The second kappa shape index (κ2) is 6.90. The van der Waals surface area contributed by atoms with Crippen LogP contribution in [0.3, 0.4) is 0 Å². The molecule has 2 aliphatic carbocycles. The van der Waals surface area contributed by atoms with E-state index in [-0.39, 0.29) is 5.97 Å². The van der Waals surface area contributed by atoms with E-state index in [1.807, 2.05) is 13.8 Å². The first-order valence-electron chi connectivity index (χ1n) is 8.20.